The van der Waals surface area contributed by atoms with E-state index >= 15 is 0 Å². The van der Waals surface area contributed by atoms with E-state index in [1.807, 2.05) is 0 Å². The lowest BCUT2D eigenvalue weighted by atomic mass is 10.2. The summed E-state index contributed by atoms with van der Waals surface area (Å²) >= 11 is 3.30. The number of ether oxygens (including phenoxy) is 1. The molecule has 2 atom stereocenters. The summed E-state index contributed by atoms with van der Waals surface area (Å²) in [5.41, 5.74) is 0. The van der Waals surface area contributed by atoms with Crippen LogP contribution in [0, 0.1) is 0 Å². The van der Waals surface area contributed by atoms with E-state index in [1.165, 1.54) is 0 Å². The van der Waals surface area contributed by atoms with Crippen LogP contribution in [-0.4, -0.2) is 45.9 Å². The van der Waals surface area contributed by atoms with Crippen LogP contribution in [0.25, 0.3) is 0 Å². The fourth-order valence-corrected chi connectivity index (χ4v) is 2.30. The van der Waals surface area contributed by atoms with E-state index in [0.717, 1.165) is 9.37 Å². The molecule has 2 rings (SSSR count). The maximum Gasteiger partial charge on any atom is 0.408 e. The molecule has 1 aromatic carbocycles. The Bertz CT molecular complexity index is 467. The monoisotopic (exact) mass is 329 g/mol. The normalized spacial score (nSPS) is 22.3. The molecule has 19 heavy (non-hydrogen) atoms. The second-order valence-corrected chi connectivity index (χ2v) is 5.13. The summed E-state index contributed by atoms with van der Waals surface area (Å²) in [5.74, 6) is -0.561. The number of nitrogens with zero attached hydrogens (tertiary/aromatic N) is 1. The average Bonchev–Trinajstić information content (AvgIpc) is 2.76. The average molecular weight is 330 g/mol. The van der Waals surface area contributed by atoms with Crippen molar-refractivity contribution in [1.29, 1.82) is 0 Å². The molecule has 1 aliphatic rings. The Morgan fingerprint density at radius 3 is 2.37 bits per heavy atom. The van der Waals surface area contributed by atoms with Crippen molar-refractivity contribution >= 4 is 28.0 Å². The standard InChI is InChI=1S/C12H12BrNO5/c13-7-1-3-8(4-2-7)19-9-5-10(11(15)16)14(6-9)12(17)18/h1-4,9-10H,5-6H2,(H,15,16)(H,17,18)/t9-,10+/m0/s1. The molecule has 1 saturated heterocycles. The molecule has 6 nitrogen and oxygen atoms in total. The molecule has 1 aromatic rings. The third-order valence-corrected chi connectivity index (χ3v) is 3.44. The number of rotatable bonds is 3. The number of carboxylic acids is 1. The Labute approximate surface area is 117 Å². The van der Waals surface area contributed by atoms with Gasteiger partial charge in [-0.05, 0) is 24.3 Å². The molecular weight excluding hydrogens is 318 g/mol. The predicted octanol–water partition coefficient (Wildman–Crippen LogP) is 2.03. The van der Waals surface area contributed by atoms with Crippen molar-refractivity contribution in [3.05, 3.63) is 28.7 Å². The molecule has 0 aliphatic carbocycles. The number of carboxylic acid groups (broad SMARTS) is 2. The summed E-state index contributed by atoms with van der Waals surface area (Å²) < 4.78 is 6.51. The molecule has 1 amide bonds. The second-order valence-electron chi connectivity index (χ2n) is 4.22. The lowest BCUT2D eigenvalue weighted by molar-refractivity contribution is -0.141. The Balaban J connectivity index is 2.05. The van der Waals surface area contributed by atoms with Gasteiger partial charge in [-0.3, -0.25) is 4.90 Å². The highest BCUT2D eigenvalue weighted by Gasteiger charge is 2.40. The fraction of sp³-hybridized carbons (Fsp3) is 0.333. The number of likely N-dealkylation sites (tertiary alicyclic amines) is 1. The van der Waals surface area contributed by atoms with Crippen LogP contribution in [0.3, 0.4) is 0 Å². The first-order valence-corrected chi connectivity index (χ1v) is 6.41. The van der Waals surface area contributed by atoms with Gasteiger partial charge in [-0.15, -0.1) is 0 Å². The van der Waals surface area contributed by atoms with Gasteiger partial charge in [0.1, 0.15) is 17.9 Å². The molecule has 1 heterocycles. The Morgan fingerprint density at radius 1 is 1.26 bits per heavy atom. The number of aliphatic carboxylic acids is 1. The van der Waals surface area contributed by atoms with E-state index in [2.05, 4.69) is 15.9 Å². The summed E-state index contributed by atoms with van der Waals surface area (Å²) in [6.07, 6.45) is -1.54. The quantitative estimate of drug-likeness (QED) is 0.886. The summed E-state index contributed by atoms with van der Waals surface area (Å²) in [5, 5.41) is 17.9. The molecule has 0 aromatic heterocycles. The number of amides is 1. The molecule has 0 unspecified atom stereocenters. The predicted molar refractivity (Wildman–Crippen MR) is 69.3 cm³/mol. The first kappa shape index (κ1) is 13.7. The minimum Gasteiger partial charge on any atom is -0.488 e. The van der Waals surface area contributed by atoms with Crippen molar-refractivity contribution in [2.75, 3.05) is 6.54 Å². The van der Waals surface area contributed by atoms with E-state index in [1.54, 1.807) is 24.3 Å². The van der Waals surface area contributed by atoms with Crippen molar-refractivity contribution in [1.82, 2.24) is 4.90 Å². The van der Waals surface area contributed by atoms with Crippen LogP contribution >= 0.6 is 15.9 Å². The molecule has 1 fully saturated rings. The highest BCUT2D eigenvalue weighted by molar-refractivity contribution is 9.10. The van der Waals surface area contributed by atoms with Gasteiger partial charge in [0.15, 0.2) is 0 Å². The van der Waals surface area contributed by atoms with Crippen molar-refractivity contribution in [3.8, 4) is 5.75 Å². The third-order valence-electron chi connectivity index (χ3n) is 2.91. The molecule has 0 bridgehead atoms. The van der Waals surface area contributed by atoms with Gasteiger partial charge >= 0.3 is 12.1 Å². The van der Waals surface area contributed by atoms with Crippen LogP contribution in [0.1, 0.15) is 6.42 Å². The lowest BCUT2D eigenvalue weighted by Crippen LogP contribution is -2.39. The smallest absolute Gasteiger partial charge is 0.408 e. The summed E-state index contributed by atoms with van der Waals surface area (Å²) in [7, 11) is 0. The maximum atomic E-state index is 11.0. The van der Waals surface area contributed by atoms with Gasteiger partial charge in [-0.25, -0.2) is 9.59 Å². The maximum absolute atomic E-state index is 11.0. The minimum absolute atomic E-state index is 0.0579. The van der Waals surface area contributed by atoms with Crippen molar-refractivity contribution in [2.45, 2.75) is 18.6 Å². The third kappa shape index (κ3) is 3.17. The van der Waals surface area contributed by atoms with Crippen LogP contribution in [0.4, 0.5) is 4.79 Å². The topological polar surface area (TPSA) is 87.1 Å². The van der Waals surface area contributed by atoms with Crippen LogP contribution in [0.15, 0.2) is 28.7 Å². The van der Waals surface area contributed by atoms with E-state index in [0.29, 0.717) is 5.75 Å². The molecule has 2 N–H and O–H groups in total. The zero-order valence-electron chi connectivity index (χ0n) is 9.82. The zero-order chi connectivity index (χ0) is 14.0. The molecule has 0 radical (unpaired) electrons. The van der Waals surface area contributed by atoms with Gasteiger partial charge in [0, 0.05) is 10.9 Å². The molecule has 102 valence electrons. The number of benzene rings is 1. The van der Waals surface area contributed by atoms with Gasteiger partial charge in [0.25, 0.3) is 0 Å². The molecule has 0 spiro atoms. The van der Waals surface area contributed by atoms with Gasteiger partial charge in [-0.2, -0.15) is 0 Å². The van der Waals surface area contributed by atoms with Crippen LogP contribution in [0.5, 0.6) is 5.75 Å². The Kier molecular flexibility index (Phi) is 3.94. The summed E-state index contributed by atoms with van der Waals surface area (Å²) in [6, 6.07) is 6.03. The van der Waals surface area contributed by atoms with E-state index in [-0.39, 0.29) is 13.0 Å². The fourth-order valence-electron chi connectivity index (χ4n) is 2.03. The molecule has 7 heteroatoms. The van der Waals surface area contributed by atoms with Gasteiger partial charge in [-0.1, -0.05) is 15.9 Å². The van der Waals surface area contributed by atoms with Crippen molar-refractivity contribution in [2.24, 2.45) is 0 Å². The van der Waals surface area contributed by atoms with E-state index < -0.39 is 24.2 Å². The molecule has 1 aliphatic heterocycles. The van der Waals surface area contributed by atoms with E-state index in [9.17, 15) is 9.59 Å². The van der Waals surface area contributed by atoms with E-state index in [4.69, 9.17) is 14.9 Å². The Hall–Kier alpha value is -1.76. The number of halogens is 1. The van der Waals surface area contributed by atoms with Gasteiger partial charge < -0.3 is 14.9 Å². The van der Waals surface area contributed by atoms with Gasteiger partial charge in [0.2, 0.25) is 0 Å². The first-order chi connectivity index (χ1) is 8.97. The number of carbonyl (C=O) groups is 2. The SMILES string of the molecule is O=C(O)[C@H]1C[C@H](Oc2ccc(Br)cc2)CN1C(=O)O. The number of hydrogen-bond acceptors (Lipinski definition) is 3. The van der Waals surface area contributed by atoms with Crippen molar-refractivity contribution in [3.63, 3.8) is 0 Å². The second kappa shape index (κ2) is 5.48. The lowest BCUT2D eigenvalue weighted by Gasteiger charge is -2.16. The minimum atomic E-state index is -1.24. The van der Waals surface area contributed by atoms with Crippen LogP contribution in [0.2, 0.25) is 0 Å². The van der Waals surface area contributed by atoms with Crippen LogP contribution in [-0.2, 0) is 4.79 Å². The largest absolute Gasteiger partial charge is 0.488 e. The molecule has 0 saturated carbocycles. The summed E-state index contributed by atoms with van der Waals surface area (Å²) in [4.78, 5) is 22.8. The first-order valence-electron chi connectivity index (χ1n) is 5.62. The highest BCUT2D eigenvalue weighted by atomic mass is 79.9. The molecular formula is C12H12BrNO5. The van der Waals surface area contributed by atoms with Crippen LogP contribution < -0.4 is 4.74 Å². The summed E-state index contributed by atoms with van der Waals surface area (Å²) in [6.45, 7) is 0.0579. The van der Waals surface area contributed by atoms with Crippen molar-refractivity contribution < 1.29 is 24.5 Å². The zero-order valence-corrected chi connectivity index (χ0v) is 11.4. The number of hydrogen-bond donors (Lipinski definition) is 2. The Morgan fingerprint density at radius 2 is 1.89 bits per heavy atom. The highest BCUT2D eigenvalue weighted by Crippen LogP contribution is 2.24. The van der Waals surface area contributed by atoms with Gasteiger partial charge in [0.05, 0.1) is 6.54 Å².